The normalized spacial score (nSPS) is 15.6. The number of alkyl halides is 2. The van der Waals surface area contributed by atoms with Gasteiger partial charge in [0.05, 0.1) is 7.11 Å². The fraction of sp³-hybridized carbons (Fsp3) is 0.200. The smallest absolute Gasteiger partial charge is 0.387 e. The van der Waals surface area contributed by atoms with Gasteiger partial charge in [0.2, 0.25) is 5.95 Å². The maximum absolute atomic E-state index is 13.1. The van der Waals surface area contributed by atoms with Crippen LogP contribution in [0.4, 0.5) is 14.7 Å². The number of hydrogen-bond donors (Lipinski definition) is 1. The Labute approximate surface area is 160 Å². The minimum atomic E-state index is -2.98. The number of fused-ring (bicyclic) bond motifs is 1. The van der Waals surface area contributed by atoms with Crippen LogP contribution in [0.1, 0.15) is 22.7 Å². The number of halogens is 2. The number of hydrogen-bond acceptors (Lipinski definition) is 5. The predicted octanol–water partition coefficient (Wildman–Crippen LogP) is 4.25. The Bertz CT molecular complexity index is 1020. The number of aryl methyl sites for hydroxylation is 1. The molecule has 8 heteroatoms. The molecule has 4 rings (SSSR count). The lowest BCUT2D eigenvalue weighted by Crippen LogP contribution is -2.21. The number of para-hydroxylation sites is 1. The van der Waals surface area contributed by atoms with Crippen molar-refractivity contribution in [2.45, 2.75) is 19.6 Å². The number of benzene rings is 2. The summed E-state index contributed by atoms with van der Waals surface area (Å²) in [4.78, 5) is 4.24. The molecular formula is C20H18F2N4O2. The van der Waals surface area contributed by atoms with Gasteiger partial charge in [0.25, 0.3) is 0 Å². The molecule has 1 aliphatic heterocycles. The number of anilines is 1. The van der Waals surface area contributed by atoms with Crippen molar-refractivity contribution in [3.05, 3.63) is 71.6 Å². The lowest BCUT2D eigenvalue weighted by atomic mass is 10.00. The van der Waals surface area contributed by atoms with E-state index in [0.717, 1.165) is 16.8 Å². The summed E-state index contributed by atoms with van der Waals surface area (Å²) in [5, 5.41) is 7.48. The molecule has 0 spiro atoms. The van der Waals surface area contributed by atoms with Crippen LogP contribution in [0, 0.1) is 6.92 Å². The van der Waals surface area contributed by atoms with Crippen molar-refractivity contribution < 1.29 is 18.3 Å². The molecule has 1 aliphatic rings. The van der Waals surface area contributed by atoms with Gasteiger partial charge >= 0.3 is 6.61 Å². The largest absolute Gasteiger partial charge is 0.493 e. The van der Waals surface area contributed by atoms with Crippen molar-refractivity contribution in [3.8, 4) is 11.5 Å². The molecule has 144 valence electrons. The van der Waals surface area contributed by atoms with E-state index in [9.17, 15) is 8.78 Å². The highest BCUT2D eigenvalue weighted by Gasteiger charge is 2.28. The first-order valence-electron chi connectivity index (χ1n) is 8.64. The Morgan fingerprint density at radius 1 is 1.14 bits per heavy atom. The van der Waals surface area contributed by atoms with Gasteiger partial charge < -0.3 is 14.8 Å². The fourth-order valence-electron chi connectivity index (χ4n) is 3.20. The number of aromatic nitrogens is 3. The van der Waals surface area contributed by atoms with Crippen LogP contribution < -0.4 is 14.8 Å². The number of rotatable bonds is 5. The fourth-order valence-corrected chi connectivity index (χ4v) is 3.20. The maximum Gasteiger partial charge on any atom is 0.387 e. The van der Waals surface area contributed by atoms with E-state index >= 15 is 0 Å². The Morgan fingerprint density at radius 3 is 2.64 bits per heavy atom. The summed E-state index contributed by atoms with van der Waals surface area (Å²) in [6.45, 7) is -0.969. The summed E-state index contributed by atoms with van der Waals surface area (Å²) in [6, 6.07) is 12.5. The number of methoxy groups -OCH3 is 1. The zero-order chi connectivity index (χ0) is 19.7. The van der Waals surface area contributed by atoms with E-state index in [4.69, 9.17) is 9.47 Å². The molecule has 6 nitrogen and oxygen atoms in total. The van der Waals surface area contributed by atoms with E-state index in [1.165, 1.54) is 13.4 Å². The molecule has 0 fully saturated rings. The van der Waals surface area contributed by atoms with Crippen LogP contribution in [-0.4, -0.2) is 28.5 Å². The molecule has 1 N–H and O–H groups in total. The van der Waals surface area contributed by atoms with Crippen molar-refractivity contribution in [2.24, 2.45) is 0 Å². The van der Waals surface area contributed by atoms with Crippen LogP contribution in [-0.2, 0) is 0 Å². The highest BCUT2D eigenvalue weighted by atomic mass is 19.3. The third-order valence-corrected chi connectivity index (χ3v) is 4.52. The molecular weight excluding hydrogens is 366 g/mol. The number of nitrogens with one attached hydrogen (secondary N) is 1. The first-order valence-corrected chi connectivity index (χ1v) is 8.64. The average Bonchev–Trinajstić information content (AvgIpc) is 3.16. The topological polar surface area (TPSA) is 61.2 Å². The molecule has 0 aliphatic carbocycles. The van der Waals surface area contributed by atoms with Crippen LogP contribution in [0.15, 0.2) is 54.9 Å². The summed E-state index contributed by atoms with van der Waals surface area (Å²) in [6.07, 6.45) is 3.31. The Hall–Kier alpha value is -3.42. The first kappa shape index (κ1) is 18.0. The third kappa shape index (κ3) is 3.28. The molecule has 28 heavy (non-hydrogen) atoms. The molecule has 3 aromatic rings. The van der Waals surface area contributed by atoms with E-state index in [0.29, 0.717) is 11.5 Å². The van der Waals surface area contributed by atoms with E-state index in [2.05, 4.69) is 15.4 Å². The molecule has 0 saturated heterocycles. The van der Waals surface area contributed by atoms with Gasteiger partial charge in [-0.15, -0.1) is 0 Å². The summed E-state index contributed by atoms with van der Waals surface area (Å²) in [5.74, 6) is 0.713. The zero-order valence-corrected chi connectivity index (χ0v) is 15.3. The molecule has 2 aromatic carbocycles. The van der Waals surface area contributed by atoms with Crippen molar-refractivity contribution in [1.82, 2.24) is 14.8 Å². The standard InChI is InChI=1S/C20H18F2N4O2/c1-12-6-8-13(9-7-12)15-10-16(26-20(25-15)23-11-24-26)14-4-3-5-17(27-2)18(14)28-19(21)22/h3-11,16,19H,1-2H3,(H,23,24,25). The molecule has 1 aromatic heterocycles. The second-order valence-corrected chi connectivity index (χ2v) is 6.30. The second-order valence-electron chi connectivity index (χ2n) is 6.30. The molecule has 0 bridgehead atoms. The predicted molar refractivity (Wildman–Crippen MR) is 101 cm³/mol. The molecule has 0 saturated carbocycles. The minimum Gasteiger partial charge on any atom is -0.493 e. The highest BCUT2D eigenvalue weighted by molar-refractivity contribution is 5.77. The Morgan fingerprint density at radius 2 is 1.93 bits per heavy atom. The maximum atomic E-state index is 13.1. The molecule has 1 atom stereocenters. The minimum absolute atomic E-state index is 0.0205. The quantitative estimate of drug-likeness (QED) is 0.713. The van der Waals surface area contributed by atoms with Crippen molar-refractivity contribution in [1.29, 1.82) is 0 Å². The number of ether oxygens (including phenoxy) is 2. The molecule has 2 heterocycles. The van der Waals surface area contributed by atoms with E-state index < -0.39 is 12.7 Å². The van der Waals surface area contributed by atoms with Gasteiger partial charge in [-0.3, -0.25) is 0 Å². The van der Waals surface area contributed by atoms with Gasteiger partial charge in [0.15, 0.2) is 11.5 Å². The summed E-state index contributed by atoms with van der Waals surface area (Å²) in [5.41, 5.74) is 3.39. The number of allylic oxidation sites excluding steroid dienone is 1. The van der Waals surface area contributed by atoms with Gasteiger partial charge in [0, 0.05) is 11.3 Å². The van der Waals surface area contributed by atoms with Gasteiger partial charge in [-0.1, -0.05) is 42.0 Å². The summed E-state index contributed by atoms with van der Waals surface area (Å²) < 4.78 is 37.8. The molecule has 0 radical (unpaired) electrons. The van der Waals surface area contributed by atoms with E-state index in [-0.39, 0.29) is 11.5 Å². The number of nitrogens with zero attached hydrogens (tertiary/aromatic N) is 3. The van der Waals surface area contributed by atoms with Crippen molar-refractivity contribution in [3.63, 3.8) is 0 Å². The van der Waals surface area contributed by atoms with Crippen molar-refractivity contribution >= 4 is 11.6 Å². The molecule has 0 amide bonds. The second kappa shape index (κ2) is 7.30. The lowest BCUT2D eigenvalue weighted by molar-refractivity contribution is -0.0520. The zero-order valence-electron chi connectivity index (χ0n) is 15.3. The van der Waals surface area contributed by atoms with Crippen LogP contribution >= 0.6 is 0 Å². The Balaban J connectivity index is 1.85. The first-order chi connectivity index (χ1) is 13.6. The summed E-state index contributed by atoms with van der Waals surface area (Å²) >= 11 is 0. The van der Waals surface area contributed by atoms with Crippen LogP contribution in [0.25, 0.3) is 5.70 Å². The summed E-state index contributed by atoms with van der Waals surface area (Å²) in [7, 11) is 1.41. The lowest BCUT2D eigenvalue weighted by Gasteiger charge is -2.26. The van der Waals surface area contributed by atoms with Gasteiger partial charge in [-0.2, -0.15) is 18.9 Å². The monoisotopic (exact) mass is 384 g/mol. The SMILES string of the molecule is COc1cccc(C2C=C(c3ccc(C)cc3)Nc3ncnn32)c1OC(F)F. The van der Waals surface area contributed by atoms with Crippen LogP contribution in [0.5, 0.6) is 11.5 Å². The van der Waals surface area contributed by atoms with Crippen molar-refractivity contribution in [2.75, 3.05) is 12.4 Å². The Kier molecular flexibility index (Phi) is 4.68. The van der Waals surface area contributed by atoms with E-state index in [1.807, 2.05) is 37.3 Å². The average molecular weight is 384 g/mol. The van der Waals surface area contributed by atoms with Gasteiger partial charge in [-0.25, -0.2) is 4.68 Å². The highest BCUT2D eigenvalue weighted by Crippen LogP contribution is 2.41. The molecule has 1 unspecified atom stereocenters. The van der Waals surface area contributed by atoms with Crippen LogP contribution in [0.3, 0.4) is 0 Å². The van der Waals surface area contributed by atoms with Gasteiger partial charge in [0.1, 0.15) is 12.4 Å². The van der Waals surface area contributed by atoms with Crippen LogP contribution in [0.2, 0.25) is 0 Å². The van der Waals surface area contributed by atoms with E-state index in [1.54, 1.807) is 22.9 Å². The third-order valence-electron chi connectivity index (χ3n) is 4.52. The van der Waals surface area contributed by atoms with Gasteiger partial charge in [-0.05, 0) is 24.6 Å².